The molecule has 0 aliphatic carbocycles. The molecule has 0 saturated carbocycles. The van der Waals surface area contributed by atoms with Crippen LogP contribution in [0, 0.1) is 6.92 Å². The number of hydrogen-bond acceptors (Lipinski definition) is 3. The zero-order valence-corrected chi connectivity index (χ0v) is 8.86. The van der Waals surface area contributed by atoms with Crippen molar-refractivity contribution in [1.29, 1.82) is 0 Å². The maximum Gasteiger partial charge on any atom is 0.320 e. The third-order valence-electron chi connectivity index (χ3n) is 2.25. The molecule has 1 aromatic carbocycles. The predicted octanol–water partition coefficient (Wildman–Crippen LogP) is 0.958. The summed E-state index contributed by atoms with van der Waals surface area (Å²) in [6.45, 7) is 1.91. The van der Waals surface area contributed by atoms with Crippen molar-refractivity contribution >= 4 is 5.97 Å². The maximum absolute atomic E-state index is 10.6. The number of nitrogens with two attached hydrogens (primary N) is 1. The van der Waals surface area contributed by atoms with Crippen LogP contribution in [0.25, 0.3) is 0 Å². The Morgan fingerprint density at radius 2 is 2.27 bits per heavy atom. The molecule has 0 heterocycles. The van der Waals surface area contributed by atoms with Crippen LogP contribution in [0.5, 0.6) is 5.75 Å². The van der Waals surface area contributed by atoms with Crippen molar-refractivity contribution in [2.24, 2.45) is 5.73 Å². The second kappa shape index (κ2) is 4.79. The van der Waals surface area contributed by atoms with Gasteiger partial charge in [-0.05, 0) is 18.1 Å². The lowest BCUT2D eigenvalue weighted by Gasteiger charge is -2.12. The molecule has 0 saturated heterocycles. The van der Waals surface area contributed by atoms with Crippen molar-refractivity contribution in [2.45, 2.75) is 19.4 Å². The summed E-state index contributed by atoms with van der Waals surface area (Å²) >= 11 is 0. The molecule has 0 radical (unpaired) electrons. The number of carbonyl (C=O) groups is 1. The van der Waals surface area contributed by atoms with Gasteiger partial charge in [0.25, 0.3) is 0 Å². The van der Waals surface area contributed by atoms with Crippen LogP contribution in [0.3, 0.4) is 0 Å². The van der Waals surface area contributed by atoms with E-state index in [4.69, 9.17) is 15.6 Å². The number of methoxy groups -OCH3 is 1. The number of aliphatic carboxylic acids is 1. The topological polar surface area (TPSA) is 72.5 Å². The number of hydrogen-bond donors (Lipinski definition) is 2. The fourth-order valence-corrected chi connectivity index (χ4v) is 1.49. The minimum Gasteiger partial charge on any atom is -0.496 e. The Labute approximate surface area is 88.7 Å². The lowest BCUT2D eigenvalue weighted by Crippen LogP contribution is -2.32. The van der Waals surface area contributed by atoms with E-state index in [9.17, 15) is 4.79 Å². The predicted molar refractivity (Wildman–Crippen MR) is 57.0 cm³/mol. The molecular weight excluding hydrogens is 194 g/mol. The molecule has 0 unspecified atom stereocenters. The van der Waals surface area contributed by atoms with Crippen LogP contribution in [0.4, 0.5) is 0 Å². The number of benzene rings is 1. The van der Waals surface area contributed by atoms with Gasteiger partial charge in [-0.3, -0.25) is 4.79 Å². The maximum atomic E-state index is 10.6. The molecule has 4 heteroatoms. The number of aryl methyl sites for hydroxylation is 1. The molecule has 0 aliphatic heterocycles. The molecule has 1 atom stereocenters. The molecule has 15 heavy (non-hydrogen) atoms. The average molecular weight is 209 g/mol. The third-order valence-corrected chi connectivity index (χ3v) is 2.25. The molecular formula is C11H15NO3. The SMILES string of the molecule is COc1c(C)cccc1C[C@H](N)C(=O)O. The van der Waals surface area contributed by atoms with Gasteiger partial charge in [-0.15, -0.1) is 0 Å². The normalized spacial score (nSPS) is 12.2. The highest BCUT2D eigenvalue weighted by Crippen LogP contribution is 2.23. The summed E-state index contributed by atoms with van der Waals surface area (Å²) in [5.41, 5.74) is 7.27. The second-order valence-corrected chi connectivity index (χ2v) is 3.42. The highest BCUT2D eigenvalue weighted by atomic mass is 16.5. The van der Waals surface area contributed by atoms with Crippen LogP contribution in [-0.2, 0) is 11.2 Å². The van der Waals surface area contributed by atoms with Gasteiger partial charge in [0.1, 0.15) is 11.8 Å². The summed E-state index contributed by atoms with van der Waals surface area (Å²) in [6, 6.07) is 4.71. The summed E-state index contributed by atoms with van der Waals surface area (Å²) in [5.74, 6) is -0.284. The molecule has 3 N–H and O–H groups in total. The van der Waals surface area contributed by atoms with E-state index >= 15 is 0 Å². The van der Waals surface area contributed by atoms with Crippen LogP contribution >= 0.6 is 0 Å². The van der Waals surface area contributed by atoms with Crippen LogP contribution < -0.4 is 10.5 Å². The Morgan fingerprint density at radius 3 is 2.80 bits per heavy atom. The van der Waals surface area contributed by atoms with Gasteiger partial charge in [0.2, 0.25) is 0 Å². The number of rotatable bonds is 4. The standard InChI is InChI=1S/C11H15NO3/c1-7-4-3-5-8(10(7)15-2)6-9(12)11(13)14/h3-5,9H,6,12H2,1-2H3,(H,13,14)/t9-/m0/s1. The van der Waals surface area contributed by atoms with Crippen LogP contribution in [-0.4, -0.2) is 24.2 Å². The number of ether oxygens (including phenoxy) is 1. The van der Waals surface area contributed by atoms with E-state index < -0.39 is 12.0 Å². The van der Waals surface area contributed by atoms with E-state index in [-0.39, 0.29) is 6.42 Å². The minimum absolute atomic E-state index is 0.278. The van der Waals surface area contributed by atoms with E-state index in [0.29, 0.717) is 5.75 Å². The highest BCUT2D eigenvalue weighted by Gasteiger charge is 2.15. The minimum atomic E-state index is -1.00. The molecule has 1 aromatic rings. The Balaban J connectivity index is 2.94. The quantitative estimate of drug-likeness (QED) is 0.774. The van der Waals surface area contributed by atoms with Gasteiger partial charge in [0.05, 0.1) is 7.11 Å². The Kier molecular flexibility index (Phi) is 3.68. The van der Waals surface area contributed by atoms with Gasteiger partial charge in [-0.2, -0.15) is 0 Å². The Bertz CT molecular complexity index is 363. The van der Waals surface area contributed by atoms with Gasteiger partial charge in [0, 0.05) is 6.42 Å². The first-order valence-electron chi connectivity index (χ1n) is 4.67. The lowest BCUT2D eigenvalue weighted by molar-refractivity contribution is -0.138. The molecule has 82 valence electrons. The first-order valence-corrected chi connectivity index (χ1v) is 4.67. The van der Waals surface area contributed by atoms with E-state index in [0.717, 1.165) is 11.1 Å². The van der Waals surface area contributed by atoms with Gasteiger partial charge in [-0.25, -0.2) is 0 Å². The average Bonchev–Trinajstić information content (AvgIpc) is 2.18. The second-order valence-electron chi connectivity index (χ2n) is 3.42. The smallest absolute Gasteiger partial charge is 0.320 e. The molecule has 0 bridgehead atoms. The fourth-order valence-electron chi connectivity index (χ4n) is 1.49. The monoisotopic (exact) mass is 209 g/mol. The molecule has 0 fully saturated rings. The third kappa shape index (κ3) is 2.70. The van der Waals surface area contributed by atoms with Gasteiger partial charge in [0.15, 0.2) is 0 Å². The summed E-state index contributed by atoms with van der Waals surface area (Å²) in [7, 11) is 1.57. The Morgan fingerprint density at radius 1 is 1.60 bits per heavy atom. The summed E-state index contributed by atoms with van der Waals surface area (Å²) < 4.78 is 5.21. The Hall–Kier alpha value is -1.55. The number of para-hydroxylation sites is 1. The van der Waals surface area contributed by atoms with Crippen molar-refractivity contribution in [1.82, 2.24) is 0 Å². The molecule has 0 aliphatic rings. The van der Waals surface area contributed by atoms with Gasteiger partial charge >= 0.3 is 5.97 Å². The fraction of sp³-hybridized carbons (Fsp3) is 0.364. The van der Waals surface area contributed by atoms with E-state index in [1.165, 1.54) is 0 Å². The molecule has 4 nitrogen and oxygen atoms in total. The number of carboxylic acids is 1. The molecule has 0 spiro atoms. The van der Waals surface area contributed by atoms with Gasteiger partial charge in [-0.1, -0.05) is 18.2 Å². The van der Waals surface area contributed by atoms with Crippen molar-refractivity contribution in [2.75, 3.05) is 7.11 Å². The van der Waals surface area contributed by atoms with Crippen molar-refractivity contribution in [3.63, 3.8) is 0 Å². The largest absolute Gasteiger partial charge is 0.496 e. The lowest BCUT2D eigenvalue weighted by atomic mass is 10.0. The highest BCUT2D eigenvalue weighted by molar-refractivity contribution is 5.73. The summed E-state index contributed by atoms with van der Waals surface area (Å²) in [5, 5.41) is 8.71. The first-order chi connectivity index (χ1) is 7.06. The van der Waals surface area contributed by atoms with Crippen molar-refractivity contribution < 1.29 is 14.6 Å². The van der Waals surface area contributed by atoms with E-state index in [2.05, 4.69) is 0 Å². The summed E-state index contributed by atoms with van der Waals surface area (Å²) in [6.07, 6.45) is 0.278. The summed E-state index contributed by atoms with van der Waals surface area (Å²) in [4.78, 5) is 10.6. The number of carboxylic acid groups (broad SMARTS) is 1. The van der Waals surface area contributed by atoms with Gasteiger partial charge < -0.3 is 15.6 Å². The van der Waals surface area contributed by atoms with Crippen LogP contribution in [0.15, 0.2) is 18.2 Å². The zero-order chi connectivity index (χ0) is 11.4. The van der Waals surface area contributed by atoms with Crippen LogP contribution in [0.1, 0.15) is 11.1 Å². The van der Waals surface area contributed by atoms with Crippen molar-refractivity contribution in [3.8, 4) is 5.75 Å². The van der Waals surface area contributed by atoms with E-state index in [1.807, 2.05) is 25.1 Å². The van der Waals surface area contributed by atoms with Crippen LogP contribution in [0.2, 0.25) is 0 Å². The van der Waals surface area contributed by atoms with E-state index in [1.54, 1.807) is 7.11 Å². The molecule has 1 rings (SSSR count). The van der Waals surface area contributed by atoms with Crippen molar-refractivity contribution in [3.05, 3.63) is 29.3 Å². The molecule has 0 aromatic heterocycles. The zero-order valence-electron chi connectivity index (χ0n) is 8.86. The first kappa shape index (κ1) is 11.5. The molecule has 0 amide bonds.